The van der Waals surface area contributed by atoms with E-state index in [2.05, 4.69) is 15.3 Å². The van der Waals surface area contributed by atoms with Gasteiger partial charge < -0.3 is 15.1 Å². The van der Waals surface area contributed by atoms with Gasteiger partial charge >= 0.3 is 0 Å². The Morgan fingerprint density at radius 2 is 2.00 bits per heavy atom. The zero-order chi connectivity index (χ0) is 25.2. The fraction of sp³-hybridized carbons (Fsp3) is 0.308. The highest BCUT2D eigenvalue weighted by Crippen LogP contribution is 2.54. The Kier molecular flexibility index (Phi) is 5.22. The molecule has 2 amide bonds. The average Bonchev–Trinajstić information content (AvgIpc) is 3.64. The minimum absolute atomic E-state index is 0.0711. The zero-order valence-electron chi connectivity index (χ0n) is 19.4. The highest BCUT2D eigenvalue weighted by Gasteiger charge is 2.53. The Bertz CT molecular complexity index is 1420. The fourth-order valence-electron chi connectivity index (χ4n) is 5.06. The Morgan fingerprint density at radius 3 is 2.72 bits per heavy atom. The first kappa shape index (κ1) is 22.8. The monoisotopic (exact) mass is 509 g/mol. The minimum Gasteiger partial charge on any atom is -0.355 e. The lowest BCUT2D eigenvalue weighted by Crippen LogP contribution is -2.49. The molecular weight excluding hydrogens is 488 g/mol. The van der Waals surface area contributed by atoms with E-state index in [9.17, 15) is 14.0 Å². The van der Waals surface area contributed by atoms with Gasteiger partial charge in [0.1, 0.15) is 18.2 Å². The van der Waals surface area contributed by atoms with Crippen LogP contribution >= 0.6 is 11.6 Å². The molecular formula is C26H22ClF2N5O2. The standard InChI is InChI=1S/C26H22ClF2N5O2/c1-14-23-16(3-2-8-30-23)22-19(10-20(32-24(22)29)33-12-26(13-33)6-7-26)34(25(14)36)11-21(35)31-15-4-5-17(27)18(28)9-15/h2-5,8-10,14H,6-7,11-13H2,1H3,(H,31,35). The number of pyridine rings is 2. The summed E-state index contributed by atoms with van der Waals surface area (Å²) in [6.45, 7) is 2.87. The van der Waals surface area contributed by atoms with E-state index < -0.39 is 36.0 Å². The molecule has 0 bridgehead atoms. The van der Waals surface area contributed by atoms with E-state index in [0.29, 0.717) is 22.5 Å². The van der Waals surface area contributed by atoms with Crippen molar-refractivity contribution >= 4 is 40.6 Å². The molecule has 1 spiro atoms. The Morgan fingerprint density at radius 1 is 1.22 bits per heavy atom. The van der Waals surface area contributed by atoms with Crippen molar-refractivity contribution in [3.63, 3.8) is 0 Å². The van der Waals surface area contributed by atoms with Crippen LogP contribution in [0.5, 0.6) is 0 Å². The summed E-state index contributed by atoms with van der Waals surface area (Å²) < 4.78 is 29.5. The lowest BCUT2D eigenvalue weighted by molar-refractivity contribution is -0.122. The third-order valence-corrected chi connectivity index (χ3v) is 7.53. The largest absolute Gasteiger partial charge is 0.355 e. The molecule has 36 heavy (non-hydrogen) atoms. The van der Waals surface area contributed by atoms with Gasteiger partial charge in [0.15, 0.2) is 0 Å². The number of carbonyl (C=O) groups is 2. The summed E-state index contributed by atoms with van der Waals surface area (Å²) >= 11 is 5.73. The highest BCUT2D eigenvalue weighted by atomic mass is 35.5. The van der Waals surface area contributed by atoms with E-state index in [0.717, 1.165) is 32.0 Å². The molecule has 10 heteroatoms. The van der Waals surface area contributed by atoms with Crippen LogP contribution in [-0.2, 0) is 9.59 Å². The van der Waals surface area contributed by atoms with E-state index in [4.69, 9.17) is 11.6 Å². The van der Waals surface area contributed by atoms with Crippen LogP contribution in [-0.4, -0.2) is 41.4 Å². The van der Waals surface area contributed by atoms with Gasteiger partial charge in [0.25, 0.3) is 0 Å². The number of rotatable bonds is 4. The topological polar surface area (TPSA) is 78.4 Å². The van der Waals surface area contributed by atoms with Crippen LogP contribution in [0.4, 0.5) is 26.0 Å². The van der Waals surface area contributed by atoms with Crippen molar-refractivity contribution in [1.82, 2.24) is 9.97 Å². The number of halogens is 3. The summed E-state index contributed by atoms with van der Waals surface area (Å²) in [6, 6.07) is 8.95. The van der Waals surface area contributed by atoms with Gasteiger partial charge in [-0.15, -0.1) is 0 Å². The van der Waals surface area contributed by atoms with Crippen molar-refractivity contribution in [2.24, 2.45) is 5.41 Å². The SMILES string of the molecule is CC1C(=O)N(CC(=O)Nc2ccc(Cl)c(F)c2)c2cc(N3CC4(CC4)C3)nc(F)c2-c2cccnc21. The molecule has 1 unspecified atom stereocenters. The van der Waals surface area contributed by atoms with Crippen LogP contribution in [0.1, 0.15) is 31.4 Å². The van der Waals surface area contributed by atoms with Crippen LogP contribution in [0, 0.1) is 17.2 Å². The number of benzene rings is 1. The molecule has 3 aliphatic rings. The maximum atomic E-state index is 15.7. The van der Waals surface area contributed by atoms with Crippen molar-refractivity contribution in [3.05, 3.63) is 65.1 Å². The smallest absolute Gasteiger partial charge is 0.244 e. The second-order valence-corrected chi connectivity index (χ2v) is 10.2. The second kappa shape index (κ2) is 8.23. The van der Waals surface area contributed by atoms with Gasteiger partial charge in [-0.1, -0.05) is 17.7 Å². The lowest BCUT2D eigenvalue weighted by Gasteiger charge is -2.41. The number of nitrogens with zero attached hydrogens (tertiary/aromatic N) is 4. The fourth-order valence-corrected chi connectivity index (χ4v) is 5.17. The lowest BCUT2D eigenvalue weighted by atomic mass is 9.96. The molecule has 1 saturated heterocycles. The maximum absolute atomic E-state index is 15.7. The number of aromatic nitrogens is 2. The molecule has 1 aliphatic carbocycles. The predicted molar refractivity (Wildman–Crippen MR) is 132 cm³/mol. The van der Waals surface area contributed by atoms with Gasteiger partial charge in [0.05, 0.1) is 27.9 Å². The number of hydrogen-bond acceptors (Lipinski definition) is 5. The van der Waals surface area contributed by atoms with Crippen LogP contribution in [0.15, 0.2) is 42.6 Å². The zero-order valence-corrected chi connectivity index (χ0v) is 20.1. The third-order valence-electron chi connectivity index (χ3n) is 7.22. The average molecular weight is 510 g/mol. The summed E-state index contributed by atoms with van der Waals surface area (Å²) in [4.78, 5) is 38.5. The number of hydrogen-bond donors (Lipinski definition) is 1. The number of nitrogens with one attached hydrogen (secondary N) is 1. The Hall–Kier alpha value is -3.59. The van der Waals surface area contributed by atoms with Crippen LogP contribution in [0.2, 0.25) is 5.02 Å². The molecule has 184 valence electrons. The normalized spacial score (nSPS) is 19.3. The van der Waals surface area contributed by atoms with E-state index >= 15 is 4.39 Å². The Balaban J connectivity index is 1.39. The second-order valence-electron chi connectivity index (χ2n) is 9.78. The molecule has 1 atom stereocenters. The minimum atomic E-state index is -0.726. The van der Waals surface area contributed by atoms with E-state index in [-0.39, 0.29) is 22.0 Å². The van der Waals surface area contributed by atoms with Gasteiger partial charge in [0, 0.05) is 42.0 Å². The number of fused-ring (bicyclic) bond motifs is 3. The Labute approximate surface area is 211 Å². The van der Waals surface area contributed by atoms with Gasteiger partial charge in [-0.3, -0.25) is 14.6 Å². The molecule has 1 N–H and O–H groups in total. The third kappa shape index (κ3) is 3.78. The highest BCUT2D eigenvalue weighted by molar-refractivity contribution is 6.30. The first-order valence-corrected chi connectivity index (χ1v) is 12.1. The van der Waals surface area contributed by atoms with Gasteiger partial charge in [-0.2, -0.15) is 4.39 Å². The molecule has 2 aliphatic heterocycles. The van der Waals surface area contributed by atoms with E-state index in [1.165, 1.54) is 17.0 Å². The molecule has 7 nitrogen and oxygen atoms in total. The van der Waals surface area contributed by atoms with E-state index in [1.807, 2.05) is 4.90 Å². The van der Waals surface area contributed by atoms with Crippen LogP contribution in [0.3, 0.4) is 0 Å². The summed E-state index contributed by atoms with van der Waals surface area (Å²) in [5.74, 6) is -2.66. The van der Waals surface area contributed by atoms with Crippen molar-refractivity contribution in [1.29, 1.82) is 0 Å². The molecule has 2 fully saturated rings. The molecule has 0 radical (unpaired) electrons. The van der Waals surface area contributed by atoms with Gasteiger partial charge in [-0.05, 0) is 44.0 Å². The molecule has 3 aromatic rings. The molecule has 1 saturated carbocycles. The summed E-state index contributed by atoms with van der Waals surface area (Å²) in [6.07, 6.45) is 3.86. The summed E-state index contributed by atoms with van der Waals surface area (Å²) in [7, 11) is 0. The van der Waals surface area contributed by atoms with Crippen molar-refractivity contribution in [3.8, 4) is 11.1 Å². The molecule has 6 rings (SSSR count). The van der Waals surface area contributed by atoms with Crippen molar-refractivity contribution < 1.29 is 18.4 Å². The van der Waals surface area contributed by atoms with Crippen molar-refractivity contribution in [2.75, 3.05) is 34.8 Å². The van der Waals surface area contributed by atoms with Gasteiger partial charge in [-0.25, -0.2) is 9.37 Å². The predicted octanol–water partition coefficient (Wildman–Crippen LogP) is 4.76. The quantitative estimate of drug-likeness (QED) is 0.513. The number of anilines is 3. The van der Waals surface area contributed by atoms with Crippen LogP contribution in [0.25, 0.3) is 11.1 Å². The first-order valence-electron chi connectivity index (χ1n) is 11.7. The number of carbonyl (C=O) groups excluding carboxylic acids is 2. The first-order chi connectivity index (χ1) is 17.2. The van der Waals surface area contributed by atoms with E-state index in [1.54, 1.807) is 31.3 Å². The molecule has 1 aromatic carbocycles. The number of amides is 2. The molecule has 2 aromatic heterocycles. The van der Waals surface area contributed by atoms with Crippen molar-refractivity contribution in [2.45, 2.75) is 25.7 Å². The maximum Gasteiger partial charge on any atom is 0.244 e. The summed E-state index contributed by atoms with van der Waals surface area (Å²) in [5.41, 5.74) is 1.79. The van der Waals surface area contributed by atoms with Gasteiger partial charge in [0.2, 0.25) is 17.8 Å². The molecule has 4 heterocycles. The summed E-state index contributed by atoms with van der Waals surface area (Å²) in [5, 5.41) is 2.52. The van der Waals surface area contributed by atoms with Crippen LogP contribution < -0.4 is 15.1 Å².